The molecule has 0 radical (unpaired) electrons. The van der Waals surface area contributed by atoms with E-state index >= 15 is 0 Å². The van der Waals surface area contributed by atoms with Crippen LogP contribution in [0.15, 0.2) is 58.3 Å². The molecule has 1 saturated heterocycles. The van der Waals surface area contributed by atoms with Crippen LogP contribution in [0.1, 0.15) is 18.4 Å². The molecule has 1 aromatic heterocycles. The van der Waals surface area contributed by atoms with Crippen molar-refractivity contribution < 1.29 is 19.4 Å². The van der Waals surface area contributed by atoms with Gasteiger partial charge in [0.25, 0.3) is 5.56 Å². The number of hydrogen-bond acceptors (Lipinski definition) is 5. The number of nitrogens with zero attached hydrogens (tertiary/aromatic N) is 3. The van der Waals surface area contributed by atoms with E-state index in [0.717, 1.165) is 21.8 Å². The maximum absolute atomic E-state index is 13.2. The van der Waals surface area contributed by atoms with Crippen molar-refractivity contribution >= 4 is 41.0 Å². The third-order valence-electron chi connectivity index (χ3n) is 5.21. The second kappa shape index (κ2) is 9.13. The van der Waals surface area contributed by atoms with Crippen molar-refractivity contribution in [2.24, 2.45) is 0 Å². The van der Waals surface area contributed by atoms with Crippen molar-refractivity contribution in [3.05, 3.63) is 85.1 Å². The van der Waals surface area contributed by atoms with Crippen LogP contribution < -0.4 is 20.9 Å². The highest BCUT2D eigenvalue weighted by molar-refractivity contribution is 6.42. The highest BCUT2D eigenvalue weighted by atomic mass is 35.5. The number of rotatable bonds is 5. The first-order chi connectivity index (χ1) is 15.8. The normalized spacial score (nSPS) is 13.4. The van der Waals surface area contributed by atoms with Gasteiger partial charge in [-0.2, -0.15) is 0 Å². The second-order valence-electron chi connectivity index (χ2n) is 7.28. The minimum atomic E-state index is -1.70. The fraction of sp³-hybridized carbons (Fsp3) is 0.182. The lowest BCUT2D eigenvalue weighted by molar-refractivity contribution is -0.117. The maximum Gasteiger partial charge on any atom is 0.511 e. The molecule has 33 heavy (non-hydrogen) atoms. The van der Waals surface area contributed by atoms with E-state index in [9.17, 15) is 19.2 Å². The van der Waals surface area contributed by atoms with E-state index in [2.05, 4.69) is 4.74 Å². The van der Waals surface area contributed by atoms with E-state index in [1.165, 1.54) is 0 Å². The van der Waals surface area contributed by atoms with Gasteiger partial charge in [-0.3, -0.25) is 18.7 Å². The fourth-order valence-corrected chi connectivity index (χ4v) is 4.00. The number of ether oxygens (including phenoxy) is 1. The lowest BCUT2D eigenvalue weighted by atomic mass is 10.2. The monoisotopic (exact) mass is 489 g/mol. The predicted octanol–water partition coefficient (Wildman–Crippen LogP) is 3.54. The topological polar surface area (TPSA) is 111 Å². The Labute approximate surface area is 197 Å². The molecule has 11 heteroatoms. The lowest BCUT2D eigenvalue weighted by Gasteiger charge is -2.17. The van der Waals surface area contributed by atoms with Crippen LogP contribution in [0.5, 0.6) is 5.75 Å². The number of anilines is 1. The van der Waals surface area contributed by atoms with E-state index in [1.54, 1.807) is 47.4 Å². The van der Waals surface area contributed by atoms with Crippen molar-refractivity contribution in [3.8, 4) is 11.4 Å². The van der Waals surface area contributed by atoms with Gasteiger partial charge in [-0.1, -0.05) is 35.3 Å². The first-order valence-electron chi connectivity index (χ1n) is 9.87. The molecule has 4 rings (SSSR count). The highest BCUT2D eigenvalue weighted by Crippen LogP contribution is 2.26. The molecule has 0 spiro atoms. The molecule has 0 bridgehead atoms. The van der Waals surface area contributed by atoms with Crippen LogP contribution in [0.4, 0.5) is 10.5 Å². The highest BCUT2D eigenvalue weighted by Gasteiger charge is 2.22. The van der Waals surface area contributed by atoms with Crippen LogP contribution in [0.2, 0.25) is 10.0 Å². The van der Waals surface area contributed by atoms with Crippen molar-refractivity contribution in [2.75, 3.05) is 11.4 Å². The molecule has 1 aliphatic rings. The molecule has 0 aliphatic carbocycles. The van der Waals surface area contributed by atoms with Gasteiger partial charge < -0.3 is 14.7 Å². The third-order valence-corrected chi connectivity index (χ3v) is 6.07. The second-order valence-corrected chi connectivity index (χ2v) is 8.07. The fourth-order valence-electron chi connectivity index (χ4n) is 3.62. The summed E-state index contributed by atoms with van der Waals surface area (Å²) in [5.41, 5.74) is -0.259. The molecule has 0 saturated carbocycles. The molecule has 170 valence electrons. The van der Waals surface area contributed by atoms with Crippen molar-refractivity contribution in [1.82, 2.24) is 9.13 Å². The molecular weight excluding hydrogens is 473 g/mol. The molecule has 3 aromatic rings. The molecule has 0 unspecified atom stereocenters. The molecule has 1 fully saturated rings. The van der Waals surface area contributed by atoms with Crippen LogP contribution >= 0.6 is 23.2 Å². The average Bonchev–Trinajstić information content (AvgIpc) is 3.21. The third kappa shape index (κ3) is 4.50. The maximum atomic E-state index is 13.2. The number of carboxylic acid groups (broad SMARTS) is 1. The van der Waals surface area contributed by atoms with Gasteiger partial charge in [0, 0.05) is 18.7 Å². The molecule has 1 N–H and O–H groups in total. The SMILES string of the molecule is O=C(O)Oc1cn(-c2ccc(N3CCCC3=O)cc2)c(=O)n(Cc2cccc(Cl)c2Cl)c1=O. The minimum Gasteiger partial charge on any atom is -0.449 e. The Bertz CT molecular complexity index is 1360. The summed E-state index contributed by atoms with van der Waals surface area (Å²) in [5.74, 6) is -0.539. The number of amides is 1. The van der Waals surface area contributed by atoms with Gasteiger partial charge in [-0.05, 0) is 42.3 Å². The Morgan fingerprint density at radius 1 is 1.03 bits per heavy atom. The minimum absolute atomic E-state index is 0.0176. The zero-order chi connectivity index (χ0) is 23.7. The summed E-state index contributed by atoms with van der Waals surface area (Å²) in [6.45, 7) is 0.355. The summed E-state index contributed by atoms with van der Waals surface area (Å²) in [4.78, 5) is 50.8. The predicted molar refractivity (Wildman–Crippen MR) is 122 cm³/mol. The number of aromatic nitrogens is 2. The van der Waals surface area contributed by atoms with Gasteiger partial charge in [-0.25, -0.2) is 9.59 Å². The van der Waals surface area contributed by atoms with Crippen molar-refractivity contribution in [2.45, 2.75) is 19.4 Å². The quantitative estimate of drug-likeness (QED) is 0.548. The summed E-state index contributed by atoms with van der Waals surface area (Å²) in [6, 6.07) is 11.3. The van der Waals surface area contributed by atoms with Gasteiger partial charge in [0.05, 0.1) is 28.5 Å². The van der Waals surface area contributed by atoms with Crippen LogP contribution in [-0.4, -0.2) is 32.8 Å². The van der Waals surface area contributed by atoms with Crippen LogP contribution in [0.25, 0.3) is 5.69 Å². The van der Waals surface area contributed by atoms with Gasteiger partial charge in [0.15, 0.2) is 0 Å². The number of halogens is 2. The van der Waals surface area contributed by atoms with Gasteiger partial charge in [0.1, 0.15) is 0 Å². The molecular formula is C22H17Cl2N3O6. The Hall–Kier alpha value is -3.56. The standard InChI is InChI=1S/C22H17Cl2N3O6/c23-16-4-1-3-13(19(16)24)11-27-20(29)17(33-22(31)32)12-26(21(27)30)15-8-6-14(7-9-15)25-10-2-5-18(25)28/h1,3-4,6-9,12H,2,5,10-11H2,(H,31,32). The molecule has 1 amide bonds. The average molecular weight is 490 g/mol. The molecule has 0 atom stereocenters. The number of carbonyl (C=O) groups is 2. The number of carbonyl (C=O) groups excluding carboxylic acids is 1. The van der Waals surface area contributed by atoms with Gasteiger partial charge >= 0.3 is 11.8 Å². The number of hydrogen-bond donors (Lipinski definition) is 1. The van der Waals surface area contributed by atoms with Gasteiger partial charge in [-0.15, -0.1) is 0 Å². The first-order valence-corrected chi connectivity index (χ1v) is 10.6. The Morgan fingerprint density at radius 2 is 1.73 bits per heavy atom. The summed E-state index contributed by atoms with van der Waals surface area (Å²) in [7, 11) is 0. The Morgan fingerprint density at radius 3 is 2.36 bits per heavy atom. The van der Waals surface area contributed by atoms with Crippen molar-refractivity contribution in [1.29, 1.82) is 0 Å². The Kier molecular flexibility index (Phi) is 6.26. The zero-order valence-corrected chi connectivity index (χ0v) is 18.5. The van der Waals surface area contributed by atoms with E-state index in [-0.39, 0.29) is 22.5 Å². The molecule has 2 heterocycles. The lowest BCUT2D eigenvalue weighted by Crippen LogP contribution is -2.40. The van der Waals surface area contributed by atoms with Crippen LogP contribution in [-0.2, 0) is 11.3 Å². The van der Waals surface area contributed by atoms with Crippen molar-refractivity contribution in [3.63, 3.8) is 0 Å². The van der Waals surface area contributed by atoms with Gasteiger partial charge in [0.2, 0.25) is 11.7 Å². The Balaban J connectivity index is 1.81. The van der Waals surface area contributed by atoms with E-state index in [4.69, 9.17) is 28.3 Å². The summed E-state index contributed by atoms with van der Waals surface area (Å²) < 4.78 is 6.53. The van der Waals surface area contributed by atoms with E-state index < -0.39 is 23.2 Å². The largest absolute Gasteiger partial charge is 0.511 e. The molecule has 1 aliphatic heterocycles. The van der Waals surface area contributed by atoms with Crippen LogP contribution in [0, 0.1) is 0 Å². The smallest absolute Gasteiger partial charge is 0.449 e. The van der Waals surface area contributed by atoms with Crippen LogP contribution in [0.3, 0.4) is 0 Å². The van der Waals surface area contributed by atoms with E-state index in [0.29, 0.717) is 29.9 Å². The first kappa shape index (κ1) is 22.6. The number of benzene rings is 2. The summed E-state index contributed by atoms with van der Waals surface area (Å²) in [6.07, 6.45) is 0.568. The summed E-state index contributed by atoms with van der Waals surface area (Å²) >= 11 is 12.2. The van der Waals surface area contributed by atoms with E-state index in [1.807, 2.05) is 0 Å². The molecule has 2 aromatic carbocycles. The molecule has 9 nitrogen and oxygen atoms in total. The zero-order valence-electron chi connectivity index (χ0n) is 17.0. The summed E-state index contributed by atoms with van der Waals surface area (Å²) in [5, 5.41) is 9.44.